The van der Waals surface area contributed by atoms with Crippen molar-refractivity contribution in [2.75, 3.05) is 4.90 Å². The lowest BCUT2D eigenvalue weighted by molar-refractivity contribution is -0.132. The Labute approximate surface area is 236 Å². The van der Waals surface area contributed by atoms with Crippen molar-refractivity contribution in [3.8, 4) is 5.75 Å². The minimum absolute atomic E-state index is 0.0421. The van der Waals surface area contributed by atoms with Gasteiger partial charge in [-0.2, -0.15) is 0 Å². The Morgan fingerprint density at radius 2 is 1.68 bits per heavy atom. The zero-order chi connectivity index (χ0) is 28.6. The molecule has 1 fully saturated rings. The number of ether oxygens (including phenoxy) is 1. The Bertz CT molecular complexity index is 1650. The van der Waals surface area contributed by atoms with Crippen molar-refractivity contribution < 1.29 is 24.2 Å². The highest BCUT2D eigenvalue weighted by Gasteiger charge is 2.48. The van der Waals surface area contributed by atoms with Gasteiger partial charge in [0.05, 0.1) is 22.2 Å². The lowest BCUT2D eigenvalue weighted by atomic mass is 9.95. The zero-order valence-corrected chi connectivity index (χ0v) is 23.4. The third kappa shape index (κ3) is 5.18. The molecule has 8 heteroatoms. The molecule has 1 aromatic heterocycles. The molecule has 0 saturated carbocycles. The number of benzene rings is 3. The van der Waals surface area contributed by atoms with E-state index in [0.717, 1.165) is 28.0 Å². The maximum Gasteiger partial charge on any atom is 0.301 e. The van der Waals surface area contributed by atoms with Gasteiger partial charge in [-0.3, -0.25) is 19.3 Å². The van der Waals surface area contributed by atoms with Gasteiger partial charge in [-0.15, -0.1) is 0 Å². The van der Waals surface area contributed by atoms with Gasteiger partial charge in [0.1, 0.15) is 18.1 Å². The highest BCUT2D eigenvalue weighted by molar-refractivity contribution is 7.18. The summed E-state index contributed by atoms with van der Waals surface area (Å²) >= 11 is 1.06. The van der Waals surface area contributed by atoms with Gasteiger partial charge >= 0.3 is 5.91 Å². The lowest BCUT2D eigenvalue weighted by Crippen LogP contribution is -2.29. The molecule has 40 heavy (non-hydrogen) atoms. The van der Waals surface area contributed by atoms with Gasteiger partial charge in [0, 0.05) is 12.5 Å². The number of aliphatic hydroxyl groups excluding tert-OH is 1. The molecule has 1 unspecified atom stereocenters. The second-order valence-corrected chi connectivity index (χ2v) is 10.8. The maximum atomic E-state index is 13.4. The van der Waals surface area contributed by atoms with Crippen LogP contribution in [0.1, 0.15) is 56.1 Å². The van der Waals surface area contributed by atoms with Crippen LogP contribution in [0, 0.1) is 20.8 Å². The molecule has 1 aliphatic rings. The number of amides is 1. The summed E-state index contributed by atoms with van der Waals surface area (Å²) in [5.74, 6) is -1.50. The molecule has 0 radical (unpaired) electrons. The standard InChI is InChI=1S/C32H28N2O5S/c1-18-8-10-23(11-9-18)27-26(29(37)31(38)34(27)32-33-20(3)30(40-32)21(4)35)28(36)24-12-14-25(15-13-24)39-17-22-7-5-6-19(2)16-22/h5-16,27,36H,17H2,1-4H3. The number of anilines is 1. The van der Waals surface area contributed by atoms with Crippen molar-refractivity contribution in [1.82, 2.24) is 4.98 Å². The number of Topliss-reactive ketones (excluding diaryl/α,β-unsaturated/α-hetero) is 2. The van der Waals surface area contributed by atoms with Gasteiger partial charge in [0.15, 0.2) is 10.9 Å². The summed E-state index contributed by atoms with van der Waals surface area (Å²) in [5, 5.41) is 11.6. The predicted molar refractivity (Wildman–Crippen MR) is 155 cm³/mol. The summed E-state index contributed by atoms with van der Waals surface area (Å²) in [5.41, 5.74) is 4.64. The van der Waals surface area contributed by atoms with Crippen LogP contribution in [-0.2, 0) is 16.2 Å². The number of carbonyl (C=O) groups excluding carboxylic acids is 3. The van der Waals surface area contributed by atoms with Crippen LogP contribution in [0.3, 0.4) is 0 Å². The van der Waals surface area contributed by atoms with Crippen molar-refractivity contribution >= 4 is 39.7 Å². The molecule has 7 nitrogen and oxygen atoms in total. The quantitative estimate of drug-likeness (QED) is 0.122. The van der Waals surface area contributed by atoms with Gasteiger partial charge in [-0.1, -0.05) is 71.0 Å². The van der Waals surface area contributed by atoms with Crippen LogP contribution in [0.2, 0.25) is 0 Å². The summed E-state index contributed by atoms with van der Waals surface area (Å²) in [4.78, 5) is 45.0. The molecule has 0 aliphatic carbocycles. The molecule has 2 heterocycles. The molecule has 1 amide bonds. The number of hydrogen-bond donors (Lipinski definition) is 1. The van der Waals surface area contributed by atoms with E-state index in [1.165, 1.54) is 11.8 Å². The minimum Gasteiger partial charge on any atom is -0.507 e. The number of aliphatic hydroxyl groups is 1. The van der Waals surface area contributed by atoms with E-state index in [9.17, 15) is 19.5 Å². The lowest BCUT2D eigenvalue weighted by Gasteiger charge is -2.23. The van der Waals surface area contributed by atoms with E-state index in [-0.39, 0.29) is 22.2 Å². The summed E-state index contributed by atoms with van der Waals surface area (Å²) in [7, 11) is 0. The monoisotopic (exact) mass is 552 g/mol. The van der Waals surface area contributed by atoms with Crippen LogP contribution in [0.4, 0.5) is 5.13 Å². The Morgan fingerprint density at radius 3 is 2.30 bits per heavy atom. The SMILES string of the molecule is CC(=O)c1sc(N2C(=O)C(=O)C(=C(O)c3ccc(OCc4cccc(C)c4)cc3)C2c2ccc(C)cc2)nc1C. The molecular formula is C32H28N2O5S. The number of nitrogens with zero attached hydrogens (tertiary/aromatic N) is 2. The van der Waals surface area contributed by atoms with Crippen LogP contribution in [0.25, 0.3) is 5.76 Å². The van der Waals surface area contributed by atoms with Gasteiger partial charge in [-0.05, 0) is 56.2 Å². The molecule has 1 N–H and O–H groups in total. The van der Waals surface area contributed by atoms with Gasteiger partial charge in [-0.25, -0.2) is 4.98 Å². The molecule has 1 saturated heterocycles. The smallest absolute Gasteiger partial charge is 0.301 e. The van der Waals surface area contributed by atoms with Gasteiger partial charge < -0.3 is 9.84 Å². The molecule has 0 spiro atoms. The van der Waals surface area contributed by atoms with E-state index in [0.29, 0.717) is 34.1 Å². The van der Waals surface area contributed by atoms with E-state index in [1.807, 2.05) is 62.4 Å². The first-order valence-electron chi connectivity index (χ1n) is 12.8. The van der Waals surface area contributed by atoms with E-state index >= 15 is 0 Å². The van der Waals surface area contributed by atoms with E-state index in [2.05, 4.69) is 4.98 Å². The van der Waals surface area contributed by atoms with E-state index in [4.69, 9.17) is 4.74 Å². The normalized spacial score (nSPS) is 16.4. The first-order valence-corrected chi connectivity index (χ1v) is 13.6. The topological polar surface area (TPSA) is 96.8 Å². The summed E-state index contributed by atoms with van der Waals surface area (Å²) in [6, 6.07) is 21.3. The van der Waals surface area contributed by atoms with Crippen molar-refractivity contribution in [3.05, 3.63) is 117 Å². The molecule has 0 bridgehead atoms. The number of carbonyl (C=O) groups is 3. The predicted octanol–water partition coefficient (Wildman–Crippen LogP) is 6.48. The molecule has 4 aromatic rings. The summed E-state index contributed by atoms with van der Waals surface area (Å²) in [6.45, 7) is 7.47. The first kappa shape index (κ1) is 27.0. The fraction of sp³-hybridized carbons (Fsp3) is 0.188. The third-order valence-electron chi connectivity index (χ3n) is 6.76. The van der Waals surface area contributed by atoms with Crippen molar-refractivity contribution in [2.45, 2.75) is 40.3 Å². The molecule has 1 aliphatic heterocycles. The highest BCUT2D eigenvalue weighted by atomic mass is 32.1. The fourth-order valence-corrected chi connectivity index (χ4v) is 5.73. The fourth-order valence-electron chi connectivity index (χ4n) is 4.74. The van der Waals surface area contributed by atoms with Crippen LogP contribution in [-0.4, -0.2) is 27.6 Å². The largest absolute Gasteiger partial charge is 0.507 e. The second kappa shape index (κ2) is 10.9. The van der Waals surface area contributed by atoms with Crippen LogP contribution >= 0.6 is 11.3 Å². The van der Waals surface area contributed by atoms with Crippen molar-refractivity contribution in [2.24, 2.45) is 0 Å². The highest BCUT2D eigenvalue weighted by Crippen LogP contribution is 2.44. The zero-order valence-electron chi connectivity index (χ0n) is 22.6. The van der Waals surface area contributed by atoms with E-state index in [1.54, 1.807) is 31.2 Å². The average molecular weight is 553 g/mol. The average Bonchev–Trinajstić information content (AvgIpc) is 3.44. The second-order valence-electron chi connectivity index (χ2n) is 9.85. The van der Waals surface area contributed by atoms with Crippen LogP contribution in [0.5, 0.6) is 5.75 Å². The molecule has 3 aromatic carbocycles. The number of aryl methyl sites for hydroxylation is 3. The van der Waals surface area contributed by atoms with Crippen molar-refractivity contribution in [1.29, 1.82) is 0 Å². The number of hydrogen-bond acceptors (Lipinski definition) is 7. The third-order valence-corrected chi connectivity index (χ3v) is 8.02. The maximum absolute atomic E-state index is 13.4. The molecule has 202 valence electrons. The molecular weight excluding hydrogens is 524 g/mol. The molecule has 5 rings (SSSR count). The Kier molecular flexibility index (Phi) is 7.36. The Hall–Kier alpha value is -4.56. The first-order chi connectivity index (χ1) is 19.1. The minimum atomic E-state index is -0.914. The number of rotatable bonds is 7. The Balaban J connectivity index is 1.52. The van der Waals surface area contributed by atoms with Crippen molar-refractivity contribution in [3.63, 3.8) is 0 Å². The number of ketones is 2. The molecule has 1 atom stereocenters. The Morgan fingerprint density at radius 1 is 0.975 bits per heavy atom. The van der Waals surface area contributed by atoms with E-state index < -0.39 is 17.7 Å². The van der Waals surface area contributed by atoms with Crippen LogP contribution < -0.4 is 9.64 Å². The number of thiazole rings is 1. The number of aromatic nitrogens is 1. The van der Waals surface area contributed by atoms with Crippen LogP contribution in [0.15, 0.2) is 78.4 Å². The van der Waals surface area contributed by atoms with Gasteiger partial charge in [0.25, 0.3) is 5.78 Å². The summed E-state index contributed by atoms with van der Waals surface area (Å²) in [6.07, 6.45) is 0. The van der Waals surface area contributed by atoms with Gasteiger partial charge in [0.2, 0.25) is 0 Å². The summed E-state index contributed by atoms with van der Waals surface area (Å²) < 4.78 is 5.89.